The van der Waals surface area contributed by atoms with Crippen LogP contribution in [0.3, 0.4) is 0 Å². The van der Waals surface area contributed by atoms with Gasteiger partial charge in [-0.25, -0.2) is 0 Å². The lowest BCUT2D eigenvalue weighted by atomic mass is 10.1. The van der Waals surface area contributed by atoms with Gasteiger partial charge >= 0.3 is 0 Å². The standard InChI is InChI=1S/C15H20BrNO2/c1-4-9-17(15(19)10-11(2)18)12(3)13-7-5-6-8-14(13)16/h5-8,12H,4,9-10H2,1-3H3. The van der Waals surface area contributed by atoms with Crippen molar-refractivity contribution in [2.24, 2.45) is 0 Å². The van der Waals surface area contributed by atoms with Crippen LogP contribution in [0.25, 0.3) is 0 Å². The molecular weight excluding hydrogens is 306 g/mol. The Labute approximate surface area is 123 Å². The summed E-state index contributed by atoms with van der Waals surface area (Å²) in [5, 5.41) is 0. The van der Waals surface area contributed by atoms with Gasteiger partial charge in [0.15, 0.2) is 0 Å². The van der Waals surface area contributed by atoms with Gasteiger partial charge in [-0.2, -0.15) is 0 Å². The second-order valence-corrected chi connectivity index (χ2v) is 5.52. The largest absolute Gasteiger partial charge is 0.336 e. The molecule has 0 N–H and O–H groups in total. The first-order chi connectivity index (χ1) is 8.97. The van der Waals surface area contributed by atoms with Crippen molar-refractivity contribution in [3.05, 3.63) is 34.3 Å². The summed E-state index contributed by atoms with van der Waals surface area (Å²) in [5.41, 5.74) is 1.06. The lowest BCUT2D eigenvalue weighted by Crippen LogP contribution is -2.35. The minimum Gasteiger partial charge on any atom is -0.336 e. The summed E-state index contributed by atoms with van der Waals surface area (Å²) in [5.74, 6) is -0.192. The average Bonchev–Trinajstić information content (AvgIpc) is 2.34. The number of Topliss-reactive ketones (excluding diaryl/α,β-unsaturated/α-hetero) is 1. The van der Waals surface area contributed by atoms with Crippen molar-refractivity contribution in [3.8, 4) is 0 Å². The summed E-state index contributed by atoms with van der Waals surface area (Å²) in [6, 6.07) is 7.82. The van der Waals surface area contributed by atoms with Gasteiger partial charge in [-0.3, -0.25) is 9.59 Å². The number of carbonyl (C=O) groups is 2. The number of benzene rings is 1. The molecule has 0 saturated heterocycles. The summed E-state index contributed by atoms with van der Waals surface area (Å²) in [6.07, 6.45) is 0.854. The summed E-state index contributed by atoms with van der Waals surface area (Å²) >= 11 is 3.51. The molecule has 1 unspecified atom stereocenters. The molecular formula is C15H20BrNO2. The molecule has 0 heterocycles. The van der Waals surface area contributed by atoms with Crippen LogP contribution in [0.1, 0.15) is 45.2 Å². The van der Waals surface area contributed by atoms with Gasteiger partial charge in [-0.05, 0) is 31.9 Å². The number of halogens is 1. The third kappa shape index (κ3) is 4.46. The van der Waals surface area contributed by atoms with Crippen LogP contribution in [-0.2, 0) is 9.59 Å². The van der Waals surface area contributed by atoms with Crippen molar-refractivity contribution in [2.45, 2.75) is 39.7 Å². The van der Waals surface area contributed by atoms with Crippen LogP contribution in [0.5, 0.6) is 0 Å². The first-order valence-corrected chi connectivity index (χ1v) is 7.30. The summed E-state index contributed by atoms with van der Waals surface area (Å²) < 4.78 is 0.985. The van der Waals surface area contributed by atoms with Crippen molar-refractivity contribution >= 4 is 27.6 Å². The minimum absolute atomic E-state index is 0.0191. The Morgan fingerprint density at radius 2 is 1.95 bits per heavy atom. The van der Waals surface area contributed by atoms with E-state index in [1.54, 1.807) is 4.90 Å². The van der Waals surface area contributed by atoms with Gasteiger partial charge in [0.1, 0.15) is 5.78 Å². The summed E-state index contributed by atoms with van der Waals surface area (Å²) in [4.78, 5) is 25.1. The smallest absolute Gasteiger partial charge is 0.230 e. The molecule has 1 atom stereocenters. The highest BCUT2D eigenvalue weighted by Gasteiger charge is 2.22. The van der Waals surface area contributed by atoms with Gasteiger partial charge in [0, 0.05) is 11.0 Å². The van der Waals surface area contributed by atoms with E-state index in [0.29, 0.717) is 6.54 Å². The van der Waals surface area contributed by atoms with E-state index in [4.69, 9.17) is 0 Å². The van der Waals surface area contributed by atoms with Gasteiger partial charge in [-0.1, -0.05) is 41.1 Å². The van der Waals surface area contributed by atoms with Crippen LogP contribution in [0.15, 0.2) is 28.7 Å². The highest BCUT2D eigenvalue weighted by molar-refractivity contribution is 9.10. The normalized spacial score (nSPS) is 12.0. The third-order valence-electron chi connectivity index (χ3n) is 3.01. The average molecular weight is 326 g/mol. The topological polar surface area (TPSA) is 37.4 Å². The first kappa shape index (κ1) is 15.9. The molecule has 3 nitrogen and oxygen atoms in total. The molecule has 0 saturated carbocycles. The van der Waals surface area contributed by atoms with E-state index in [1.807, 2.05) is 38.1 Å². The molecule has 1 aromatic rings. The van der Waals surface area contributed by atoms with Crippen LogP contribution in [0.4, 0.5) is 0 Å². The molecule has 4 heteroatoms. The Balaban J connectivity index is 2.95. The predicted molar refractivity (Wildman–Crippen MR) is 79.9 cm³/mol. The van der Waals surface area contributed by atoms with Crippen LogP contribution in [-0.4, -0.2) is 23.1 Å². The van der Waals surface area contributed by atoms with E-state index in [2.05, 4.69) is 15.9 Å². The molecule has 0 spiro atoms. The van der Waals surface area contributed by atoms with Crippen molar-refractivity contribution < 1.29 is 9.59 Å². The minimum atomic E-state index is -0.0994. The lowest BCUT2D eigenvalue weighted by molar-refractivity contribution is -0.136. The molecule has 1 aromatic carbocycles. The third-order valence-corrected chi connectivity index (χ3v) is 3.73. The maximum atomic E-state index is 12.2. The van der Waals surface area contributed by atoms with Gasteiger partial charge < -0.3 is 4.90 Å². The van der Waals surface area contributed by atoms with Crippen molar-refractivity contribution in [3.63, 3.8) is 0 Å². The molecule has 1 amide bonds. The molecule has 0 aromatic heterocycles. The fraction of sp³-hybridized carbons (Fsp3) is 0.467. The molecule has 0 radical (unpaired) electrons. The van der Waals surface area contributed by atoms with Crippen LogP contribution >= 0.6 is 15.9 Å². The highest BCUT2D eigenvalue weighted by atomic mass is 79.9. The Kier molecular flexibility index (Phi) is 6.22. The van der Waals surface area contributed by atoms with Crippen LogP contribution in [0.2, 0.25) is 0 Å². The predicted octanol–water partition coefficient (Wildman–Crippen LogP) is 3.73. The second kappa shape index (κ2) is 7.43. The zero-order valence-electron chi connectivity index (χ0n) is 11.6. The van der Waals surface area contributed by atoms with Crippen molar-refractivity contribution in [1.82, 2.24) is 4.90 Å². The number of hydrogen-bond donors (Lipinski definition) is 0. The molecule has 0 aliphatic heterocycles. The molecule has 104 valence electrons. The van der Waals surface area contributed by atoms with Crippen molar-refractivity contribution in [1.29, 1.82) is 0 Å². The van der Waals surface area contributed by atoms with Gasteiger partial charge in [0.2, 0.25) is 5.91 Å². The second-order valence-electron chi connectivity index (χ2n) is 4.66. The maximum Gasteiger partial charge on any atom is 0.230 e. The van der Waals surface area contributed by atoms with Gasteiger partial charge in [0.25, 0.3) is 0 Å². The fourth-order valence-electron chi connectivity index (χ4n) is 2.07. The van der Waals surface area contributed by atoms with E-state index < -0.39 is 0 Å². The number of rotatable bonds is 6. The van der Waals surface area contributed by atoms with Gasteiger partial charge in [0.05, 0.1) is 12.5 Å². The lowest BCUT2D eigenvalue weighted by Gasteiger charge is -2.29. The van der Waals surface area contributed by atoms with E-state index >= 15 is 0 Å². The number of nitrogens with zero attached hydrogens (tertiary/aromatic N) is 1. The highest BCUT2D eigenvalue weighted by Crippen LogP contribution is 2.28. The van der Waals surface area contributed by atoms with E-state index in [0.717, 1.165) is 16.5 Å². The summed E-state index contributed by atoms with van der Waals surface area (Å²) in [6.45, 7) is 6.13. The quantitative estimate of drug-likeness (QED) is 0.747. The Hall–Kier alpha value is -1.16. The molecule has 0 aliphatic rings. The SMILES string of the molecule is CCCN(C(=O)CC(C)=O)C(C)c1ccccc1Br. The Morgan fingerprint density at radius 1 is 1.32 bits per heavy atom. The Morgan fingerprint density at radius 3 is 2.47 bits per heavy atom. The van der Waals surface area contributed by atoms with E-state index in [9.17, 15) is 9.59 Å². The van der Waals surface area contributed by atoms with E-state index in [-0.39, 0.29) is 24.2 Å². The molecule has 0 bridgehead atoms. The molecule has 19 heavy (non-hydrogen) atoms. The monoisotopic (exact) mass is 325 g/mol. The zero-order chi connectivity index (χ0) is 14.4. The fourth-order valence-corrected chi connectivity index (χ4v) is 2.69. The van der Waals surface area contributed by atoms with Crippen LogP contribution in [0, 0.1) is 0 Å². The maximum absolute atomic E-state index is 12.2. The number of hydrogen-bond acceptors (Lipinski definition) is 2. The van der Waals surface area contributed by atoms with Gasteiger partial charge in [-0.15, -0.1) is 0 Å². The molecule has 1 rings (SSSR count). The number of ketones is 1. The van der Waals surface area contributed by atoms with E-state index in [1.165, 1.54) is 6.92 Å². The van der Waals surface area contributed by atoms with Crippen LogP contribution < -0.4 is 0 Å². The first-order valence-electron chi connectivity index (χ1n) is 6.50. The zero-order valence-corrected chi connectivity index (χ0v) is 13.2. The number of amides is 1. The summed E-state index contributed by atoms with van der Waals surface area (Å²) in [7, 11) is 0. The number of carbonyl (C=O) groups excluding carboxylic acids is 2. The molecule has 0 aliphatic carbocycles. The molecule has 0 fully saturated rings. The Bertz CT molecular complexity index is 459. The van der Waals surface area contributed by atoms with Crippen molar-refractivity contribution in [2.75, 3.05) is 6.54 Å².